The zero-order chi connectivity index (χ0) is 18.8. The molecule has 7 heteroatoms. The minimum atomic E-state index is -0.0612. The molecule has 0 bridgehead atoms. The molecule has 0 aliphatic carbocycles. The first kappa shape index (κ1) is 20.2. The Hall–Kier alpha value is -2.12. The van der Waals surface area contributed by atoms with Crippen LogP contribution in [0.25, 0.3) is 0 Å². The molecule has 1 aliphatic heterocycles. The highest BCUT2D eigenvalue weighted by Gasteiger charge is 2.22. The summed E-state index contributed by atoms with van der Waals surface area (Å²) in [5.41, 5.74) is 2.17. The van der Waals surface area contributed by atoms with Crippen molar-refractivity contribution in [3.8, 4) is 0 Å². The Kier molecular flexibility index (Phi) is 8.37. The highest BCUT2D eigenvalue weighted by Crippen LogP contribution is 2.10. The molecule has 1 aromatic carbocycles. The van der Waals surface area contributed by atoms with E-state index in [-0.39, 0.29) is 11.9 Å². The normalized spacial score (nSPS) is 14.9. The second kappa shape index (κ2) is 10.8. The number of ether oxygens (including phenoxy) is 1. The van der Waals surface area contributed by atoms with Gasteiger partial charge in [0, 0.05) is 45.9 Å². The standard InChI is InChI=1S/C19H30N4O3/c1-3-20-18(24)14-22-9-11-23(12-10-22)19(25)21-13-16-7-5-6-8-17(16)15-26-4-2/h5-8H,3-4,9-15H2,1-2H3,(H,20,24)(H,21,25). The van der Waals surface area contributed by atoms with Crippen molar-refractivity contribution in [1.82, 2.24) is 20.4 Å². The van der Waals surface area contributed by atoms with Gasteiger partial charge in [-0.3, -0.25) is 9.69 Å². The van der Waals surface area contributed by atoms with Gasteiger partial charge in [0.2, 0.25) is 5.91 Å². The van der Waals surface area contributed by atoms with Gasteiger partial charge in [0.1, 0.15) is 0 Å². The number of piperazine rings is 1. The summed E-state index contributed by atoms with van der Waals surface area (Å²) >= 11 is 0. The quantitative estimate of drug-likeness (QED) is 0.728. The summed E-state index contributed by atoms with van der Waals surface area (Å²) in [6, 6.07) is 7.93. The van der Waals surface area contributed by atoms with E-state index in [1.807, 2.05) is 38.1 Å². The Morgan fingerprint density at radius 1 is 1.04 bits per heavy atom. The van der Waals surface area contributed by atoms with Gasteiger partial charge in [-0.2, -0.15) is 0 Å². The number of rotatable bonds is 8. The Labute approximate surface area is 155 Å². The molecule has 0 saturated carbocycles. The first-order chi connectivity index (χ1) is 12.6. The molecule has 3 amide bonds. The molecule has 0 aromatic heterocycles. The van der Waals surface area contributed by atoms with E-state index in [9.17, 15) is 9.59 Å². The molecule has 2 rings (SSSR count). The number of carbonyl (C=O) groups is 2. The number of hydrogen-bond donors (Lipinski definition) is 2. The number of amides is 3. The van der Waals surface area contributed by atoms with Crippen molar-refractivity contribution in [2.75, 3.05) is 45.9 Å². The summed E-state index contributed by atoms with van der Waals surface area (Å²) in [6.07, 6.45) is 0. The van der Waals surface area contributed by atoms with E-state index < -0.39 is 0 Å². The maximum absolute atomic E-state index is 12.4. The lowest BCUT2D eigenvalue weighted by molar-refractivity contribution is -0.122. The van der Waals surface area contributed by atoms with Crippen LogP contribution in [0.1, 0.15) is 25.0 Å². The van der Waals surface area contributed by atoms with Crippen LogP contribution < -0.4 is 10.6 Å². The van der Waals surface area contributed by atoms with Crippen LogP contribution in [0.3, 0.4) is 0 Å². The summed E-state index contributed by atoms with van der Waals surface area (Å²) in [5, 5.41) is 5.80. The summed E-state index contributed by atoms with van der Waals surface area (Å²) in [5.74, 6) is 0.0382. The molecule has 0 spiro atoms. The number of nitrogens with one attached hydrogen (secondary N) is 2. The largest absolute Gasteiger partial charge is 0.377 e. The average molecular weight is 362 g/mol. The fraction of sp³-hybridized carbons (Fsp3) is 0.579. The van der Waals surface area contributed by atoms with Gasteiger partial charge in [-0.15, -0.1) is 0 Å². The molecule has 0 unspecified atom stereocenters. The molecule has 1 fully saturated rings. The molecule has 1 heterocycles. The fourth-order valence-electron chi connectivity index (χ4n) is 2.93. The van der Waals surface area contributed by atoms with Gasteiger partial charge in [-0.1, -0.05) is 24.3 Å². The summed E-state index contributed by atoms with van der Waals surface area (Å²) in [6.45, 7) is 9.32. The van der Waals surface area contributed by atoms with E-state index in [0.29, 0.717) is 59.0 Å². The Balaban J connectivity index is 1.77. The third kappa shape index (κ3) is 6.31. The first-order valence-electron chi connectivity index (χ1n) is 9.30. The fourth-order valence-corrected chi connectivity index (χ4v) is 2.93. The van der Waals surface area contributed by atoms with Crippen molar-refractivity contribution >= 4 is 11.9 Å². The van der Waals surface area contributed by atoms with Crippen LogP contribution in [0.5, 0.6) is 0 Å². The van der Waals surface area contributed by atoms with Crippen molar-refractivity contribution in [3.05, 3.63) is 35.4 Å². The van der Waals surface area contributed by atoms with Gasteiger partial charge >= 0.3 is 6.03 Å². The van der Waals surface area contributed by atoms with Gasteiger partial charge in [-0.05, 0) is 25.0 Å². The average Bonchev–Trinajstić information content (AvgIpc) is 2.66. The maximum Gasteiger partial charge on any atom is 0.317 e. The molecule has 1 aliphatic rings. The Morgan fingerprint density at radius 2 is 1.73 bits per heavy atom. The van der Waals surface area contributed by atoms with Gasteiger partial charge in [-0.25, -0.2) is 4.79 Å². The SMILES string of the molecule is CCNC(=O)CN1CCN(C(=O)NCc2ccccc2COCC)CC1. The van der Waals surface area contributed by atoms with Crippen LogP contribution in [0.4, 0.5) is 4.79 Å². The molecule has 2 N–H and O–H groups in total. The van der Waals surface area contributed by atoms with Gasteiger partial charge in [0.15, 0.2) is 0 Å². The zero-order valence-electron chi connectivity index (χ0n) is 15.8. The summed E-state index contributed by atoms with van der Waals surface area (Å²) < 4.78 is 5.48. The van der Waals surface area contributed by atoms with E-state index in [1.165, 1.54) is 0 Å². The second-order valence-corrected chi connectivity index (χ2v) is 6.28. The van der Waals surface area contributed by atoms with Gasteiger partial charge < -0.3 is 20.3 Å². The van der Waals surface area contributed by atoms with Crippen LogP contribution in [0, 0.1) is 0 Å². The third-order valence-corrected chi connectivity index (χ3v) is 4.41. The molecular weight excluding hydrogens is 332 g/mol. The predicted molar refractivity (Wildman–Crippen MR) is 101 cm³/mol. The minimum Gasteiger partial charge on any atom is -0.377 e. The van der Waals surface area contributed by atoms with Crippen LogP contribution in [-0.2, 0) is 22.7 Å². The maximum atomic E-state index is 12.4. The first-order valence-corrected chi connectivity index (χ1v) is 9.30. The number of urea groups is 1. The highest BCUT2D eigenvalue weighted by molar-refractivity contribution is 5.78. The molecule has 1 saturated heterocycles. The molecule has 7 nitrogen and oxygen atoms in total. The smallest absolute Gasteiger partial charge is 0.317 e. The summed E-state index contributed by atoms with van der Waals surface area (Å²) in [4.78, 5) is 27.9. The molecule has 26 heavy (non-hydrogen) atoms. The van der Waals surface area contributed by atoms with Crippen LogP contribution in [0.15, 0.2) is 24.3 Å². The van der Waals surface area contributed by atoms with E-state index >= 15 is 0 Å². The number of hydrogen-bond acceptors (Lipinski definition) is 4. The van der Waals surface area contributed by atoms with Gasteiger partial charge in [0.05, 0.1) is 13.2 Å². The lowest BCUT2D eigenvalue weighted by Gasteiger charge is -2.34. The van der Waals surface area contributed by atoms with E-state index in [0.717, 1.165) is 11.1 Å². The third-order valence-electron chi connectivity index (χ3n) is 4.41. The van der Waals surface area contributed by atoms with Crippen molar-refractivity contribution in [2.24, 2.45) is 0 Å². The van der Waals surface area contributed by atoms with Crippen LogP contribution in [-0.4, -0.2) is 67.6 Å². The molecule has 1 aromatic rings. The lowest BCUT2D eigenvalue weighted by Crippen LogP contribution is -2.53. The molecule has 0 radical (unpaired) electrons. The summed E-state index contributed by atoms with van der Waals surface area (Å²) in [7, 11) is 0. The highest BCUT2D eigenvalue weighted by atomic mass is 16.5. The van der Waals surface area contributed by atoms with Crippen LogP contribution in [0.2, 0.25) is 0 Å². The lowest BCUT2D eigenvalue weighted by atomic mass is 10.1. The number of nitrogens with zero attached hydrogens (tertiary/aromatic N) is 2. The van der Waals surface area contributed by atoms with Crippen LogP contribution >= 0.6 is 0 Å². The minimum absolute atomic E-state index is 0.0382. The topological polar surface area (TPSA) is 73.9 Å². The zero-order valence-corrected chi connectivity index (χ0v) is 15.8. The van der Waals surface area contributed by atoms with Crippen molar-refractivity contribution in [3.63, 3.8) is 0 Å². The van der Waals surface area contributed by atoms with Crippen molar-refractivity contribution in [1.29, 1.82) is 0 Å². The van der Waals surface area contributed by atoms with Crippen molar-refractivity contribution in [2.45, 2.75) is 27.0 Å². The van der Waals surface area contributed by atoms with Gasteiger partial charge in [0.25, 0.3) is 0 Å². The van der Waals surface area contributed by atoms with Crippen molar-refractivity contribution < 1.29 is 14.3 Å². The number of likely N-dealkylation sites (N-methyl/N-ethyl adjacent to an activating group) is 1. The second-order valence-electron chi connectivity index (χ2n) is 6.28. The number of carbonyl (C=O) groups excluding carboxylic acids is 2. The monoisotopic (exact) mass is 362 g/mol. The Morgan fingerprint density at radius 3 is 2.38 bits per heavy atom. The molecule has 0 atom stereocenters. The van der Waals surface area contributed by atoms with E-state index in [4.69, 9.17) is 4.74 Å². The van der Waals surface area contributed by atoms with E-state index in [2.05, 4.69) is 15.5 Å². The number of benzene rings is 1. The molecule has 144 valence electrons. The Bertz CT molecular complexity index is 586. The molecular formula is C19H30N4O3. The predicted octanol–water partition coefficient (Wildman–Crippen LogP) is 1.19. The van der Waals surface area contributed by atoms with E-state index in [1.54, 1.807) is 4.90 Å².